The number of rotatable bonds is 3. The second-order valence-electron chi connectivity index (χ2n) is 4.50. The first kappa shape index (κ1) is 12.3. The molecule has 0 aliphatic rings. The zero-order valence-electron chi connectivity index (χ0n) is 11.1. The minimum absolute atomic E-state index is 0.806. The molecule has 0 radical (unpaired) electrons. The van der Waals surface area contributed by atoms with Crippen LogP contribution in [-0.4, -0.2) is 15.0 Å². The lowest BCUT2D eigenvalue weighted by Gasteiger charge is -2.09. The average Bonchev–Trinajstić information content (AvgIpc) is 2.51. The van der Waals surface area contributed by atoms with Gasteiger partial charge < -0.3 is 5.32 Å². The third-order valence-electron chi connectivity index (χ3n) is 3.06. The maximum atomic E-state index is 4.35. The SMILES string of the molecule is Cc1ccccc1Nc1cc(-c2cncnc2)ccn1. The number of anilines is 2. The van der Waals surface area contributed by atoms with Crippen LogP contribution in [-0.2, 0) is 0 Å². The molecule has 20 heavy (non-hydrogen) atoms. The molecule has 0 saturated carbocycles. The van der Waals surface area contributed by atoms with Crippen LogP contribution in [0.5, 0.6) is 0 Å². The van der Waals surface area contributed by atoms with E-state index in [-0.39, 0.29) is 0 Å². The molecule has 0 fully saturated rings. The first-order valence-electron chi connectivity index (χ1n) is 6.37. The number of benzene rings is 1. The van der Waals surface area contributed by atoms with Crippen molar-refractivity contribution in [3.05, 3.63) is 66.9 Å². The summed E-state index contributed by atoms with van der Waals surface area (Å²) in [6.45, 7) is 2.07. The van der Waals surface area contributed by atoms with E-state index >= 15 is 0 Å². The molecule has 3 aromatic rings. The summed E-state index contributed by atoms with van der Waals surface area (Å²) >= 11 is 0. The van der Waals surface area contributed by atoms with E-state index in [0.29, 0.717) is 0 Å². The van der Waals surface area contributed by atoms with Crippen molar-refractivity contribution in [1.82, 2.24) is 15.0 Å². The summed E-state index contributed by atoms with van der Waals surface area (Å²) in [5.41, 5.74) is 4.25. The smallest absolute Gasteiger partial charge is 0.130 e. The Labute approximate surface area is 117 Å². The van der Waals surface area contributed by atoms with Gasteiger partial charge in [-0.25, -0.2) is 15.0 Å². The average molecular weight is 262 g/mol. The fourth-order valence-electron chi connectivity index (χ4n) is 1.98. The van der Waals surface area contributed by atoms with Gasteiger partial charge in [-0.1, -0.05) is 18.2 Å². The minimum atomic E-state index is 0.806. The molecule has 4 nitrogen and oxygen atoms in total. The highest BCUT2D eigenvalue weighted by Crippen LogP contribution is 2.23. The summed E-state index contributed by atoms with van der Waals surface area (Å²) in [4.78, 5) is 12.4. The highest BCUT2D eigenvalue weighted by Gasteiger charge is 2.02. The molecule has 4 heteroatoms. The summed E-state index contributed by atoms with van der Waals surface area (Å²) in [5.74, 6) is 0.806. The number of aryl methyl sites for hydroxylation is 1. The molecular formula is C16H14N4. The van der Waals surface area contributed by atoms with Gasteiger partial charge in [0, 0.05) is 29.8 Å². The van der Waals surface area contributed by atoms with E-state index in [9.17, 15) is 0 Å². The van der Waals surface area contributed by atoms with E-state index in [1.807, 2.05) is 30.3 Å². The van der Waals surface area contributed by atoms with Gasteiger partial charge in [-0.15, -0.1) is 0 Å². The van der Waals surface area contributed by atoms with Crippen LogP contribution in [0.1, 0.15) is 5.56 Å². The van der Waals surface area contributed by atoms with E-state index in [2.05, 4.69) is 33.3 Å². The Hall–Kier alpha value is -2.75. The van der Waals surface area contributed by atoms with Gasteiger partial charge in [0.25, 0.3) is 0 Å². The number of pyridine rings is 1. The van der Waals surface area contributed by atoms with E-state index in [4.69, 9.17) is 0 Å². The number of hydrogen-bond donors (Lipinski definition) is 1. The highest BCUT2D eigenvalue weighted by molar-refractivity contribution is 5.68. The standard InChI is InChI=1S/C16H14N4/c1-12-4-2-3-5-15(12)20-16-8-13(6-7-19-16)14-9-17-11-18-10-14/h2-11H,1H3,(H,19,20). The number of nitrogens with zero attached hydrogens (tertiary/aromatic N) is 3. The Morgan fingerprint density at radius 2 is 1.75 bits per heavy atom. The molecule has 98 valence electrons. The lowest BCUT2D eigenvalue weighted by atomic mass is 10.1. The van der Waals surface area contributed by atoms with Gasteiger partial charge in [-0.05, 0) is 36.2 Å². The molecule has 0 bridgehead atoms. The highest BCUT2D eigenvalue weighted by atomic mass is 15.0. The third-order valence-corrected chi connectivity index (χ3v) is 3.06. The molecule has 1 N–H and O–H groups in total. The van der Waals surface area contributed by atoms with Crippen molar-refractivity contribution in [1.29, 1.82) is 0 Å². The lowest BCUT2D eigenvalue weighted by molar-refractivity contribution is 1.17. The van der Waals surface area contributed by atoms with Crippen molar-refractivity contribution in [2.24, 2.45) is 0 Å². The van der Waals surface area contributed by atoms with E-state index in [1.54, 1.807) is 18.6 Å². The van der Waals surface area contributed by atoms with Gasteiger partial charge in [0.1, 0.15) is 12.1 Å². The fraction of sp³-hybridized carbons (Fsp3) is 0.0625. The predicted molar refractivity (Wildman–Crippen MR) is 79.7 cm³/mol. The Bertz CT molecular complexity index is 710. The Morgan fingerprint density at radius 3 is 2.55 bits per heavy atom. The minimum Gasteiger partial charge on any atom is -0.340 e. The molecule has 3 rings (SSSR count). The van der Waals surface area contributed by atoms with Gasteiger partial charge in [0.2, 0.25) is 0 Å². The lowest BCUT2D eigenvalue weighted by Crippen LogP contribution is -1.95. The van der Waals surface area contributed by atoms with Crippen molar-refractivity contribution in [3.63, 3.8) is 0 Å². The first-order valence-corrected chi connectivity index (χ1v) is 6.37. The predicted octanol–water partition coefficient (Wildman–Crippen LogP) is 3.59. The summed E-state index contributed by atoms with van der Waals surface area (Å²) in [6.07, 6.45) is 6.89. The summed E-state index contributed by atoms with van der Waals surface area (Å²) in [5, 5.41) is 3.33. The molecule has 0 atom stereocenters. The molecular weight excluding hydrogens is 248 g/mol. The van der Waals surface area contributed by atoms with Crippen molar-refractivity contribution >= 4 is 11.5 Å². The van der Waals surface area contributed by atoms with Crippen LogP contribution in [0.15, 0.2) is 61.3 Å². The summed E-state index contributed by atoms with van der Waals surface area (Å²) in [7, 11) is 0. The van der Waals surface area contributed by atoms with E-state index < -0.39 is 0 Å². The van der Waals surface area contributed by atoms with Crippen LogP contribution in [0, 0.1) is 6.92 Å². The fourth-order valence-corrected chi connectivity index (χ4v) is 1.98. The van der Waals surface area contributed by atoms with Crippen molar-refractivity contribution in [2.75, 3.05) is 5.32 Å². The van der Waals surface area contributed by atoms with Crippen LogP contribution in [0.2, 0.25) is 0 Å². The first-order chi connectivity index (χ1) is 9.83. The van der Waals surface area contributed by atoms with Crippen LogP contribution in [0.4, 0.5) is 11.5 Å². The topological polar surface area (TPSA) is 50.7 Å². The van der Waals surface area contributed by atoms with E-state index in [1.165, 1.54) is 11.9 Å². The van der Waals surface area contributed by atoms with Gasteiger partial charge in [-0.3, -0.25) is 0 Å². The zero-order valence-corrected chi connectivity index (χ0v) is 11.1. The van der Waals surface area contributed by atoms with Gasteiger partial charge in [0.05, 0.1) is 0 Å². The molecule has 0 unspecified atom stereocenters. The van der Waals surface area contributed by atoms with Crippen LogP contribution < -0.4 is 5.32 Å². The van der Waals surface area contributed by atoms with Crippen LogP contribution >= 0.6 is 0 Å². The molecule has 2 heterocycles. The van der Waals surface area contributed by atoms with Crippen molar-refractivity contribution in [3.8, 4) is 11.1 Å². The maximum Gasteiger partial charge on any atom is 0.130 e. The maximum absolute atomic E-state index is 4.35. The molecule has 0 spiro atoms. The second-order valence-corrected chi connectivity index (χ2v) is 4.50. The number of aromatic nitrogens is 3. The molecule has 2 aromatic heterocycles. The number of para-hydroxylation sites is 1. The monoisotopic (exact) mass is 262 g/mol. The molecule has 0 aliphatic carbocycles. The van der Waals surface area contributed by atoms with Gasteiger partial charge >= 0.3 is 0 Å². The number of nitrogens with one attached hydrogen (secondary N) is 1. The zero-order chi connectivity index (χ0) is 13.8. The van der Waals surface area contributed by atoms with Crippen LogP contribution in [0.3, 0.4) is 0 Å². The van der Waals surface area contributed by atoms with Crippen LogP contribution in [0.25, 0.3) is 11.1 Å². The van der Waals surface area contributed by atoms with Gasteiger partial charge in [0.15, 0.2) is 0 Å². The normalized spacial score (nSPS) is 10.2. The quantitative estimate of drug-likeness (QED) is 0.783. The Balaban J connectivity index is 1.91. The molecule has 0 saturated heterocycles. The van der Waals surface area contributed by atoms with E-state index in [0.717, 1.165) is 22.6 Å². The molecule has 0 amide bonds. The largest absolute Gasteiger partial charge is 0.340 e. The molecule has 1 aromatic carbocycles. The molecule has 0 aliphatic heterocycles. The summed E-state index contributed by atoms with van der Waals surface area (Å²) < 4.78 is 0. The third kappa shape index (κ3) is 2.64. The van der Waals surface area contributed by atoms with Crippen molar-refractivity contribution in [2.45, 2.75) is 6.92 Å². The summed E-state index contributed by atoms with van der Waals surface area (Å²) in [6, 6.07) is 12.1. The van der Waals surface area contributed by atoms with Crippen molar-refractivity contribution < 1.29 is 0 Å². The number of hydrogen-bond acceptors (Lipinski definition) is 4. The second kappa shape index (κ2) is 5.48. The Morgan fingerprint density at radius 1 is 0.950 bits per heavy atom. The van der Waals surface area contributed by atoms with Gasteiger partial charge in [-0.2, -0.15) is 0 Å². The Kier molecular flexibility index (Phi) is 3.37.